The number of nitrogens with zero attached hydrogens (tertiary/aromatic N) is 3. The second kappa shape index (κ2) is 4.41. The molecular formula is C14H10FN3O2. The highest BCUT2D eigenvalue weighted by Crippen LogP contribution is 2.22. The van der Waals surface area contributed by atoms with Crippen LogP contribution in [0.2, 0.25) is 0 Å². The first-order valence-electron chi connectivity index (χ1n) is 5.90. The third-order valence-corrected chi connectivity index (χ3v) is 3.06. The lowest BCUT2D eigenvalue weighted by atomic mass is 10.1. The number of benzene rings is 1. The second-order valence-electron chi connectivity index (χ2n) is 4.40. The van der Waals surface area contributed by atoms with Crippen LogP contribution >= 0.6 is 0 Å². The van der Waals surface area contributed by atoms with Crippen LogP contribution in [0, 0.1) is 12.7 Å². The Balaban J connectivity index is 2.24. The molecule has 0 radical (unpaired) electrons. The van der Waals surface area contributed by atoms with Crippen LogP contribution in [0.1, 0.15) is 16.1 Å². The van der Waals surface area contributed by atoms with Gasteiger partial charge in [0.25, 0.3) is 0 Å². The van der Waals surface area contributed by atoms with Crippen LogP contribution in [0.3, 0.4) is 0 Å². The summed E-state index contributed by atoms with van der Waals surface area (Å²) >= 11 is 0. The summed E-state index contributed by atoms with van der Waals surface area (Å²) in [5, 5.41) is 8.96. The summed E-state index contributed by atoms with van der Waals surface area (Å²) in [7, 11) is 0. The number of fused-ring (bicyclic) bond motifs is 1. The lowest BCUT2D eigenvalue weighted by Crippen LogP contribution is -1.95. The van der Waals surface area contributed by atoms with Gasteiger partial charge in [-0.3, -0.25) is 4.40 Å². The van der Waals surface area contributed by atoms with Crippen LogP contribution in [-0.4, -0.2) is 25.4 Å². The Labute approximate surface area is 113 Å². The molecule has 1 aromatic carbocycles. The smallest absolute Gasteiger partial charge is 0.356 e. The first-order valence-corrected chi connectivity index (χ1v) is 5.90. The molecule has 2 heterocycles. The van der Waals surface area contributed by atoms with E-state index in [4.69, 9.17) is 5.11 Å². The fourth-order valence-electron chi connectivity index (χ4n) is 1.98. The van der Waals surface area contributed by atoms with Gasteiger partial charge in [-0.2, -0.15) is 0 Å². The van der Waals surface area contributed by atoms with Crippen molar-refractivity contribution in [2.45, 2.75) is 6.92 Å². The SMILES string of the molecule is Cc1ccc(-c2ccnc3nc(C(=O)O)cn23)cc1F. The van der Waals surface area contributed by atoms with Crippen molar-refractivity contribution in [1.29, 1.82) is 0 Å². The average molecular weight is 271 g/mol. The van der Waals surface area contributed by atoms with Crippen LogP contribution < -0.4 is 0 Å². The van der Waals surface area contributed by atoms with E-state index in [0.717, 1.165) is 0 Å². The molecule has 6 heteroatoms. The monoisotopic (exact) mass is 271 g/mol. The van der Waals surface area contributed by atoms with Crippen LogP contribution in [0.5, 0.6) is 0 Å². The van der Waals surface area contributed by atoms with Gasteiger partial charge in [-0.1, -0.05) is 12.1 Å². The lowest BCUT2D eigenvalue weighted by molar-refractivity contribution is 0.0691. The topological polar surface area (TPSA) is 67.5 Å². The van der Waals surface area contributed by atoms with Gasteiger partial charge in [0, 0.05) is 18.0 Å². The number of imidazole rings is 1. The lowest BCUT2D eigenvalue weighted by Gasteiger charge is -2.06. The zero-order valence-electron chi connectivity index (χ0n) is 10.5. The molecule has 3 rings (SSSR count). The maximum absolute atomic E-state index is 13.7. The van der Waals surface area contributed by atoms with Gasteiger partial charge in [-0.05, 0) is 24.6 Å². The predicted octanol–water partition coefficient (Wildman–Crippen LogP) is 2.54. The van der Waals surface area contributed by atoms with Gasteiger partial charge >= 0.3 is 5.97 Å². The summed E-state index contributed by atoms with van der Waals surface area (Å²) in [4.78, 5) is 18.9. The van der Waals surface area contributed by atoms with Crippen molar-refractivity contribution in [3.05, 3.63) is 53.7 Å². The Morgan fingerprint density at radius 2 is 2.15 bits per heavy atom. The number of aromatic nitrogens is 3. The molecule has 0 bridgehead atoms. The van der Waals surface area contributed by atoms with Crippen LogP contribution in [0.15, 0.2) is 36.7 Å². The third kappa shape index (κ3) is 1.91. The van der Waals surface area contributed by atoms with Crippen LogP contribution in [-0.2, 0) is 0 Å². The molecule has 0 saturated carbocycles. The van der Waals surface area contributed by atoms with Crippen molar-refractivity contribution < 1.29 is 14.3 Å². The molecular weight excluding hydrogens is 261 g/mol. The first-order chi connectivity index (χ1) is 9.56. The zero-order chi connectivity index (χ0) is 14.3. The molecule has 1 N–H and O–H groups in total. The number of halogens is 1. The number of carboxylic acids is 1. The molecule has 0 unspecified atom stereocenters. The van der Waals surface area contributed by atoms with Crippen molar-refractivity contribution >= 4 is 11.7 Å². The van der Waals surface area contributed by atoms with E-state index in [1.165, 1.54) is 22.9 Å². The summed E-state index contributed by atoms with van der Waals surface area (Å²) < 4.78 is 15.2. The fraction of sp³-hybridized carbons (Fsp3) is 0.0714. The number of hydrogen-bond donors (Lipinski definition) is 1. The maximum atomic E-state index is 13.7. The predicted molar refractivity (Wildman–Crippen MR) is 70.1 cm³/mol. The van der Waals surface area contributed by atoms with E-state index in [1.807, 2.05) is 0 Å². The Hall–Kier alpha value is -2.76. The van der Waals surface area contributed by atoms with Gasteiger partial charge < -0.3 is 5.11 Å². The van der Waals surface area contributed by atoms with E-state index in [-0.39, 0.29) is 17.3 Å². The minimum Gasteiger partial charge on any atom is -0.476 e. The Kier molecular flexibility index (Phi) is 2.71. The molecule has 3 aromatic rings. The normalized spacial score (nSPS) is 10.9. The van der Waals surface area contributed by atoms with Crippen molar-refractivity contribution in [1.82, 2.24) is 14.4 Å². The molecule has 0 saturated heterocycles. The molecule has 0 spiro atoms. The van der Waals surface area contributed by atoms with Gasteiger partial charge in [0.05, 0.1) is 5.69 Å². The number of aryl methyl sites for hydroxylation is 1. The molecule has 0 aliphatic heterocycles. The average Bonchev–Trinajstić information content (AvgIpc) is 2.86. The van der Waals surface area contributed by atoms with E-state index >= 15 is 0 Å². The number of rotatable bonds is 2. The molecule has 0 amide bonds. The van der Waals surface area contributed by atoms with E-state index in [2.05, 4.69) is 9.97 Å². The maximum Gasteiger partial charge on any atom is 0.356 e. The van der Waals surface area contributed by atoms with Crippen molar-refractivity contribution in [2.24, 2.45) is 0 Å². The van der Waals surface area contributed by atoms with E-state index < -0.39 is 5.97 Å². The van der Waals surface area contributed by atoms with Gasteiger partial charge in [0.1, 0.15) is 5.82 Å². The number of hydrogen-bond acceptors (Lipinski definition) is 3. The molecule has 0 aliphatic rings. The van der Waals surface area contributed by atoms with Crippen LogP contribution in [0.25, 0.3) is 17.0 Å². The van der Waals surface area contributed by atoms with Gasteiger partial charge in [-0.15, -0.1) is 0 Å². The molecule has 100 valence electrons. The molecule has 2 aromatic heterocycles. The summed E-state index contributed by atoms with van der Waals surface area (Å²) in [6.45, 7) is 1.68. The van der Waals surface area contributed by atoms with E-state index in [9.17, 15) is 9.18 Å². The minimum atomic E-state index is -1.13. The van der Waals surface area contributed by atoms with E-state index in [1.54, 1.807) is 25.1 Å². The minimum absolute atomic E-state index is 0.0995. The van der Waals surface area contributed by atoms with Crippen molar-refractivity contribution in [3.8, 4) is 11.3 Å². The molecule has 0 fully saturated rings. The highest BCUT2D eigenvalue weighted by Gasteiger charge is 2.13. The highest BCUT2D eigenvalue weighted by atomic mass is 19.1. The summed E-state index contributed by atoms with van der Waals surface area (Å²) in [5.74, 6) is -1.18. The fourth-order valence-corrected chi connectivity index (χ4v) is 1.98. The number of carbonyl (C=O) groups is 1. The largest absolute Gasteiger partial charge is 0.476 e. The number of carboxylic acid groups (broad SMARTS) is 1. The molecule has 5 nitrogen and oxygen atoms in total. The first kappa shape index (κ1) is 12.3. The second-order valence-corrected chi connectivity index (χ2v) is 4.40. The Morgan fingerprint density at radius 3 is 2.85 bits per heavy atom. The van der Waals surface area contributed by atoms with Crippen molar-refractivity contribution in [3.63, 3.8) is 0 Å². The Morgan fingerprint density at radius 1 is 1.35 bits per heavy atom. The van der Waals surface area contributed by atoms with E-state index in [0.29, 0.717) is 16.8 Å². The van der Waals surface area contributed by atoms with Gasteiger partial charge in [-0.25, -0.2) is 19.2 Å². The molecule has 0 atom stereocenters. The number of aromatic carboxylic acids is 1. The zero-order valence-corrected chi connectivity index (χ0v) is 10.5. The van der Waals surface area contributed by atoms with Crippen molar-refractivity contribution in [2.75, 3.05) is 0 Å². The van der Waals surface area contributed by atoms with Gasteiger partial charge in [0.2, 0.25) is 5.78 Å². The standard InChI is InChI=1S/C14H10FN3O2/c1-8-2-3-9(6-10(8)15)12-4-5-16-14-17-11(13(19)20)7-18(12)14/h2-7H,1H3,(H,19,20). The van der Waals surface area contributed by atoms with Gasteiger partial charge in [0.15, 0.2) is 5.69 Å². The third-order valence-electron chi connectivity index (χ3n) is 3.06. The molecule has 0 aliphatic carbocycles. The summed E-state index contributed by atoms with van der Waals surface area (Å²) in [6.07, 6.45) is 2.89. The van der Waals surface area contributed by atoms with Crippen LogP contribution in [0.4, 0.5) is 4.39 Å². The summed E-state index contributed by atoms with van der Waals surface area (Å²) in [6, 6.07) is 6.54. The molecule has 20 heavy (non-hydrogen) atoms. The highest BCUT2D eigenvalue weighted by molar-refractivity contribution is 5.86. The Bertz CT molecular complexity index is 826. The quantitative estimate of drug-likeness (QED) is 0.777. The summed E-state index contributed by atoms with van der Waals surface area (Å²) in [5.41, 5.74) is 1.72.